The van der Waals surface area contributed by atoms with Crippen molar-refractivity contribution in [1.82, 2.24) is 14.9 Å². The number of rotatable bonds is 6. The summed E-state index contributed by atoms with van der Waals surface area (Å²) in [5, 5.41) is 8.05. The molecular formula is C24H20N4O4. The molecule has 0 saturated heterocycles. The molecule has 0 radical (unpaired) electrons. The molecule has 0 amide bonds. The van der Waals surface area contributed by atoms with E-state index in [2.05, 4.69) is 15.4 Å². The number of anilines is 2. The van der Waals surface area contributed by atoms with Gasteiger partial charge < -0.3 is 10.2 Å². The van der Waals surface area contributed by atoms with Crippen LogP contribution in [0, 0.1) is 0 Å². The Bertz CT molecular complexity index is 1370. The Morgan fingerprint density at radius 3 is 2.53 bits per heavy atom. The molecule has 0 aliphatic rings. The maximum atomic E-state index is 13.3. The van der Waals surface area contributed by atoms with E-state index in [1.807, 2.05) is 18.2 Å². The summed E-state index contributed by atoms with van der Waals surface area (Å²) in [5.41, 5.74) is 1.44. The van der Waals surface area contributed by atoms with Crippen molar-refractivity contribution < 1.29 is 14.4 Å². The van der Waals surface area contributed by atoms with Gasteiger partial charge in [0.25, 0.3) is 0 Å². The minimum absolute atomic E-state index is 0.0355. The molecule has 8 heteroatoms. The summed E-state index contributed by atoms with van der Waals surface area (Å²) in [6.07, 6.45) is 1.73. The van der Waals surface area contributed by atoms with Crippen molar-refractivity contribution in [2.45, 2.75) is 20.3 Å². The Morgan fingerprint density at radius 1 is 1.03 bits per heavy atom. The summed E-state index contributed by atoms with van der Waals surface area (Å²) < 4.78 is 0. The van der Waals surface area contributed by atoms with Gasteiger partial charge in [-0.15, -0.1) is 5.10 Å². The molecule has 0 unspecified atom stereocenters. The SMILES string of the molecule is CCC(=O)On1nc(-c2ccccc2)c(C(C)=O)c(Nc2cccc3ncccc23)c1=O. The van der Waals surface area contributed by atoms with Crippen LogP contribution in [0.15, 0.2) is 71.7 Å². The van der Waals surface area contributed by atoms with Gasteiger partial charge in [0.15, 0.2) is 5.78 Å². The number of ketones is 1. The maximum absolute atomic E-state index is 13.3. The van der Waals surface area contributed by atoms with Gasteiger partial charge in [0.05, 0.1) is 11.1 Å². The average Bonchev–Trinajstić information content (AvgIpc) is 2.81. The number of carbonyl (C=O) groups is 2. The zero-order valence-corrected chi connectivity index (χ0v) is 17.5. The van der Waals surface area contributed by atoms with Crippen LogP contribution >= 0.6 is 0 Å². The van der Waals surface area contributed by atoms with Gasteiger partial charge in [0.1, 0.15) is 11.4 Å². The standard InChI is InChI=1S/C24H20N4O4/c1-3-20(30)32-28-24(31)23(26-19-13-7-12-18-17(19)11-8-14-25-18)21(15(2)29)22(27-28)16-9-5-4-6-10-16/h4-14,26H,3H2,1-2H3. The molecular weight excluding hydrogens is 408 g/mol. The molecule has 0 aliphatic heterocycles. The first kappa shape index (κ1) is 20.9. The van der Waals surface area contributed by atoms with Crippen LogP contribution in [0.3, 0.4) is 0 Å². The van der Waals surface area contributed by atoms with Crippen molar-refractivity contribution in [3.8, 4) is 11.3 Å². The number of aromatic nitrogens is 3. The van der Waals surface area contributed by atoms with Crippen LogP contribution in [0.1, 0.15) is 30.6 Å². The summed E-state index contributed by atoms with van der Waals surface area (Å²) in [7, 11) is 0. The Labute approximate surface area is 183 Å². The molecule has 8 nitrogen and oxygen atoms in total. The molecule has 4 aromatic rings. The molecule has 0 spiro atoms. The van der Waals surface area contributed by atoms with E-state index >= 15 is 0 Å². The number of pyridine rings is 1. The van der Waals surface area contributed by atoms with Gasteiger partial charge >= 0.3 is 11.5 Å². The van der Waals surface area contributed by atoms with Crippen LogP contribution in [-0.4, -0.2) is 26.7 Å². The molecule has 2 aromatic heterocycles. The summed E-state index contributed by atoms with van der Waals surface area (Å²) in [5.74, 6) is -0.988. The molecule has 0 fully saturated rings. The molecule has 0 bridgehead atoms. The first-order valence-corrected chi connectivity index (χ1v) is 10.0. The molecule has 2 aromatic carbocycles. The Kier molecular flexibility index (Phi) is 5.76. The predicted molar refractivity (Wildman–Crippen MR) is 121 cm³/mol. The van der Waals surface area contributed by atoms with E-state index in [-0.39, 0.29) is 29.1 Å². The first-order valence-electron chi connectivity index (χ1n) is 10.0. The molecule has 2 heterocycles. The molecule has 32 heavy (non-hydrogen) atoms. The monoisotopic (exact) mass is 428 g/mol. The van der Waals surface area contributed by atoms with Crippen LogP contribution in [0.5, 0.6) is 0 Å². The number of fused-ring (bicyclic) bond motifs is 1. The van der Waals surface area contributed by atoms with Gasteiger partial charge in [-0.3, -0.25) is 14.6 Å². The highest BCUT2D eigenvalue weighted by Crippen LogP contribution is 2.30. The lowest BCUT2D eigenvalue weighted by Gasteiger charge is -2.16. The van der Waals surface area contributed by atoms with Crippen molar-refractivity contribution in [3.05, 3.63) is 82.8 Å². The topological polar surface area (TPSA) is 103 Å². The molecule has 1 N–H and O–H groups in total. The van der Waals surface area contributed by atoms with Crippen molar-refractivity contribution >= 4 is 34.0 Å². The molecule has 4 rings (SSSR count). The third-order valence-electron chi connectivity index (χ3n) is 4.85. The number of hydrogen-bond acceptors (Lipinski definition) is 7. The molecule has 160 valence electrons. The van der Waals surface area contributed by atoms with E-state index in [9.17, 15) is 14.4 Å². The van der Waals surface area contributed by atoms with Crippen LogP contribution in [0.25, 0.3) is 22.2 Å². The zero-order chi connectivity index (χ0) is 22.7. The number of hydrogen-bond donors (Lipinski definition) is 1. The lowest BCUT2D eigenvalue weighted by molar-refractivity contribution is -0.145. The normalized spacial score (nSPS) is 10.7. The quantitative estimate of drug-likeness (QED) is 0.466. The number of carbonyl (C=O) groups excluding carboxylic acids is 2. The van der Waals surface area contributed by atoms with E-state index in [1.54, 1.807) is 55.6 Å². The fraction of sp³-hybridized carbons (Fsp3) is 0.125. The minimum Gasteiger partial charge on any atom is -0.350 e. The minimum atomic E-state index is -0.752. The third-order valence-corrected chi connectivity index (χ3v) is 4.85. The van der Waals surface area contributed by atoms with Crippen molar-refractivity contribution in [1.29, 1.82) is 0 Å². The van der Waals surface area contributed by atoms with Gasteiger partial charge in [-0.1, -0.05) is 43.3 Å². The lowest BCUT2D eigenvalue weighted by atomic mass is 10.0. The smallest absolute Gasteiger partial charge is 0.334 e. The molecule has 0 aliphatic carbocycles. The second kappa shape index (κ2) is 8.81. The van der Waals surface area contributed by atoms with Crippen molar-refractivity contribution in [3.63, 3.8) is 0 Å². The highest BCUT2D eigenvalue weighted by atomic mass is 16.7. The number of nitrogens with one attached hydrogen (secondary N) is 1. The van der Waals surface area contributed by atoms with Crippen LogP contribution in [0.2, 0.25) is 0 Å². The van der Waals surface area contributed by atoms with Crippen LogP contribution in [-0.2, 0) is 4.79 Å². The second-order valence-corrected chi connectivity index (χ2v) is 7.02. The van der Waals surface area contributed by atoms with Crippen molar-refractivity contribution in [2.24, 2.45) is 0 Å². The van der Waals surface area contributed by atoms with Gasteiger partial charge in [-0.25, -0.2) is 4.79 Å². The largest absolute Gasteiger partial charge is 0.350 e. The van der Waals surface area contributed by atoms with E-state index < -0.39 is 11.5 Å². The van der Waals surface area contributed by atoms with Gasteiger partial charge in [-0.2, -0.15) is 0 Å². The van der Waals surface area contributed by atoms with E-state index in [0.717, 1.165) is 10.9 Å². The fourth-order valence-electron chi connectivity index (χ4n) is 3.33. The fourth-order valence-corrected chi connectivity index (χ4v) is 3.33. The van der Waals surface area contributed by atoms with Crippen LogP contribution < -0.4 is 15.7 Å². The Balaban J connectivity index is 1.99. The summed E-state index contributed by atoms with van der Waals surface area (Å²) in [6.45, 7) is 2.97. The highest BCUT2D eigenvalue weighted by Gasteiger charge is 2.24. The van der Waals surface area contributed by atoms with Crippen LogP contribution in [0.4, 0.5) is 11.4 Å². The summed E-state index contributed by atoms with van der Waals surface area (Å²) >= 11 is 0. The van der Waals surface area contributed by atoms with E-state index in [0.29, 0.717) is 16.1 Å². The summed E-state index contributed by atoms with van der Waals surface area (Å²) in [6, 6.07) is 18.0. The van der Waals surface area contributed by atoms with Gasteiger partial charge in [0, 0.05) is 29.3 Å². The second-order valence-electron chi connectivity index (χ2n) is 7.02. The third kappa shape index (κ3) is 3.98. The van der Waals surface area contributed by atoms with Crippen molar-refractivity contribution in [2.75, 3.05) is 5.32 Å². The average molecular weight is 428 g/mol. The number of benzene rings is 2. The van der Waals surface area contributed by atoms with Gasteiger partial charge in [0.2, 0.25) is 0 Å². The number of Topliss-reactive ketones (excluding diaryl/α,β-unsaturated/α-hetero) is 1. The summed E-state index contributed by atoms with van der Waals surface area (Å²) in [4.78, 5) is 48.0. The first-order chi connectivity index (χ1) is 15.5. The highest BCUT2D eigenvalue weighted by molar-refractivity contribution is 6.06. The lowest BCUT2D eigenvalue weighted by Crippen LogP contribution is -2.35. The van der Waals surface area contributed by atoms with Gasteiger partial charge in [-0.05, 0) is 36.0 Å². The molecule has 0 atom stereocenters. The number of nitrogens with zero attached hydrogens (tertiary/aromatic N) is 3. The van der Waals surface area contributed by atoms with E-state index in [1.165, 1.54) is 6.92 Å². The zero-order valence-electron chi connectivity index (χ0n) is 17.5. The predicted octanol–water partition coefficient (Wildman–Crippen LogP) is 3.77. The maximum Gasteiger partial charge on any atom is 0.334 e. The Morgan fingerprint density at radius 2 is 1.81 bits per heavy atom. The Hall–Kier alpha value is -4.33. The van der Waals surface area contributed by atoms with E-state index in [4.69, 9.17) is 4.84 Å². The molecule has 0 saturated carbocycles.